The fourth-order valence-corrected chi connectivity index (χ4v) is 8.87. The maximum atomic E-state index is 2.75. The fourth-order valence-electron chi connectivity index (χ4n) is 8.87. The molecule has 160 valence electrons. The van der Waals surface area contributed by atoms with Gasteiger partial charge < -0.3 is 0 Å². The van der Waals surface area contributed by atoms with Gasteiger partial charge in [-0.15, -0.1) is 0 Å². The Morgan fingerprint density at radius 2 is 1.75 bits per heavy atom. The average molecular weight is 385 g/mol. The second-order valence-corrected chi connectivity index (χ2v) is 12.6. The minimum absolute atomic E-state index is 0.553. The van der Waals surface area contributed by atoms with Gasteiger partial charge in [0.2, 0.25) is 0 Å². The minimum Gasteiger partial charge on any atom is -0.0845 e. The van der Waals surface area contributed by atoms with Crippen molar-refractivity contribution in [3.63, 3.8) is 0 Å². The second-order valence-electron chi connectivity index (χ2n) is 12.6. The summed E-state index contributed by atoms with van der Waals surface area (Å²) < 4.78 is 0. The van der Waals surface area contributed by atoms with Crippen molar-refractivity contribution in [2.45, 2.75) is 112 Å². The zero-order chi connectivity index (χ0) is 20.1. The van der Waals surface area contributed by atoms with Gasteiger partial charge in [0.25, 0.3) is 0 Å². The van der Waals surface area contributed by atoms with E-state index in [0.717, 1.165) is 41.4 Å². The van der Waals surface area contributed by atoms with Gasteiger partial charge in [0, 0.05) is 0 Å². The van der Waals surface area contributed by atoms with E-state index in [9.17, 15) is 0 Å². The molecule has 0 saturated heterocycles. The monoisotopic (exact) mass is 384 g/mol. The molecule has 0 heteroatoms. The predicted octanol–water partition coefficient (Wildman–Crippen LogP) is 8.66. The summed E-state index contributed by atoms with van der Waals surface area (Å²) in [6.07, 6.45) is 19.0. The van der Waals surface area contributed by atoms with Gasteiger partial charge in [0.1, 0.15) is 0 Å². The first-order chi connectivity index (χ1) is 13.3. The fraction of sp³-hybridized carbons (Fsp3) is 0.929. The summed E-state index contributed by atoms with van der Waals surface area (Å²) in [6, 6.07) is 0. The Balaban J connectivity index is 1.49. The molecule has 0 aromatic heterocycles. The van der Waals surface area contributed by atoms with Crippen LogP contribution in [0.25, 0.3) is 0 Å². The van der Waals surface area contributed by atoms with Crippen molar-refractivity contribution in [3.05, 3.63) is 11.6 Å². The van der Waals surface area contributed by atoms with Gasteiger partial charge in [-0.05, 0) is 104 Å². The van der Waals surface area contributed by atoms with E-state index in [1.165, 1.54) is 70.6 Å². The van der Waals surface area contributed by atoms with Crippen molar-refractivity contribution in [2.24, 2.45) is 52.3 Å². The summed E-state index contributed by atoms with van der Waals surface area (Å²) in [7, 11) is 0. The van der Waals surface area contributed by atoms with Crippen molar-refractivity contribution < 1.29 is 0 Å². The normalized spacial score (nSPS) is 46.5. The average Bonchev–Trinajstić information content (AvgIpc) is 2.99. The van der Waals surface area contributed by atoms with E-state index in [4.69, 9.17) is 0 Å². The van der Waals surface area contributed by atoms with Crippen LogP contribution in [0.5, 0.6) is 0 Å². The summed E-state index contributed by atoms with van der Waals surface area (Å²) in [4.78, 5) is 0. The van der Waals surface area contributed by atoms with Crippen LogP contribution in [0.4, 0.5) is 0 Å². The standard InChI is InChI=1S/C28H48/c1-19(2)8-7-9-21(4)24-12-13-25-23-11-10-22-18-20(3)14-16-27(22,5)26(23)15-17-28(24,25)6/h10,19-21,23-26H,7-9,11-18H2,1-6H3/t20-,21+,23?,24+,25?,26?,27-,28?/m1/s1. The van der Waals surface area contributed by atoms with Crippen LogP contribution in [0.1, 0.15) is 112 Å². The summed E-state index contributed by atoms with van der Waals surface area (Å²) in [5.74, 6) is 6.73. The van der Waals surface area contributed by atoms with E-state index in [1.807, 2.05) is 5.57 Å². The zero-order valence-electron chi connectivity index (χ0n) is 19.9. The molecule has 0 spiro atoms. The molecule has 3 fully saturated rings. The minimum atomic E-state index is 0.553. The van der Waals surface area contributed by atoms with Crippen molar-refractivity contribution in [3.8, 4) is 0 Å². The first-order valence-electron chi connectivity index (χ1n) is 12.9. The van der Waals surface area contributed by atoms with Crippen LogP contribution in [0.15, 0.2) is 11.6 Å². The lowest BCUT2D eigenvalue weighted by atomic mass is 9.46. The van der Waals surface area contributed by atoms with E-state index >= 15 is 0 Å². The Hall–Kier alpha value is -0.260. The number of hydrogen-bond donors (Lipinski definition) is 0. The molecule has 3 saturated carbocycles. The molecule has 4 aliphatic rings. The maximum absolute atomic E-state index is 2.75. The molecule has 28 heavy (non-hydrogen) atoms. The maximum Gasteiger partial charge on any atom is -0.00851 e. The summed E-state index contributed by atoms with van der Waals surface area (Å²) in [6.45, 7) is 15.3. The Morgan fingerprint density at radius 1 is 0.964 bits per heavy atom. The molecule has 8 atom stereocenters. The van der Waals surface area contributed by atoms with E-state index in [1.54, 1.807) is 0 Å². The van der Waals surface area contributed by atoms with Crippen LogP contribution in [-0.2, 0) is 0 Å². The highest BCUT2D eigenvalue weighted by Crippen LogP contribution is 2.67. The molecule has 0 amide bonds. The Kier molecular flexibility index (Phi) is 5.83. The van der Waals surface area contributed by atoms with Gasteiger partial charge in [-0.3, -0.25) is 0 Å². The lowest BCUT2D eigenvalue weighted by Crippen LogP contribution is -2.50. The molecule has 0 bridgehead atoms. The molecule has 0 radical (unpaired) electrons. The molecule has 4 aliphatic carbocycles. The van der Waals surface area contributed by atoms with Gasteiger partial charge in [-0.2, -0.15) is 0 Å². The molecule has 0 N–H and O–H groups in total. The van der Waals surface area contributed by atoms with Crippen LogP contribution in [0.2, 0.25) is 0 Å². The van der Waals surface area contributed by atoms with Crippen molar-refractivity contribution in [1.82, 2.24) is 0 Å². The molecular formula is C28H48. The smallest absolute Gasteiger partial charge is 0.00851 e. The number of rotatable bonds is 5. The van der Waals surface area contributed by atoms with Crippen LogP contribution in [0.3, 0.4) is 0 Å². The highest BCUT2D eigenvalue weighted by atomic mass is 14.6. The highest BCUT2D eigenvalue weighted by Gasteiger charge is 2.58. The lowest BCUT2D eigenvalue weighted by molar-refractivity contribution is -0.0523. The molecular weight excluding hydrogens is 336 g/mol. The van der Waals surface area contributed by atoms with Gasteiger partial charge in [-0.25, -0.2) is 0 Å². The molecule has 0 aliphatic heterocycles. The van der Waals surface area contributed by atoms with Gasteiger partial charge >= 0.3 is 0 Å². The van der Waals surface area contributed by atoms with E-state index in [0.29, 0.717) is 10.8 Å². The highest BCUT2D eigenvalue weighted by molar-refractivity contribution is 5.25. The Bertz CT molecular complexity index is 585. The molecule has 4 unspecified atom stereocenters. The SMILES string of the molecule is CC(C)CCC[C@H](C)[C@@H]1CCC2C3CC=C4C[C@H](C)CC[C@@]4(C)C3CCC21C. The van der Waals surface area contributed by atoms with Crippen molar-refractivity contribution in [2.75, 3.05) is 0 Å². The summed E-state index contributed by atoms with van der Waals surface area (Å²) >= 11 is 0. The van der Waals surface area contributed by atoms with Crippen LogP contribution < -0.4 is 0 Å². The first-order valence-corrected chi connectivity index (χ1v) is 12.9. The second kappa shape index (κ2) is 7.77. The first kappa shape index (κ1) is 21.0. The molecule has 0 nitrogen and oxygen atoms in total. The summed E-state index contributed by atoms with van der Waals surface area (Å²) in [5, 5.41) is 0. The third-order valence-electron chi connectivity index (χ3n) is 10.6. The molecule has 4 rings (SSSR count). The zero-order valence-corrected chi connectivity index (χ0v) is 19.9. The number of hydrogen-bond acceptors (Lipinski definition) is 0. The van der Waals surface area contributed by atoms with Crippen LogP contribution in [-0.4, -0.2) is 0 Å². The third kappa shape index (κ3) is 3.43. The van der Waals surface area contributed by atoms with Crippen molar-refractivity contribution >= 4 is 0 Å². The lowest BCUT2D eigenvalue weighted by Gasteiger charge is -2.58. The Labute approximate surface area is 176 Å². The van der Waals surface area contributed by atoms with Crippen LogP contribution in [0, 0.1) is 52.3 Å². The van der Waals surface area contributed by atoms with Gasteiger partial charge in [0.15, 0.2) is 0 Å². The van der Waals surface area contributed by atoms with E-state index in [2.05, 4.69) is 47.6 Å². The van der Waals surface area contributed by atoms with Gasteiger partial charge in [0.05, 0.1) is 0 Å². The van der Waals surface area contributed by atoms with E-state index in [-0.39, 0.29) is 0 Å². The summed E-state index contributed by atoms with van der Waals surface area (Å²) in [5.41, 5.74) is 3.06. The number of allylic oxidation sites excluding steroid dienone is 2. The molecule has 0 aromatic carbocycles. The number of fused-ring (bicyclic) bond motifs is 5. The van der Waals surface area contributed by atoms with E-state index < -0.39 is 0 Å². The molecule has 0 heterocycles. The van der Waals surface area contributed by atoms with Crippen LogP contribution >= 0.6 is 0 Å². The third-order valence-corrected chi connectivity index (χ3v) is 10.6. The largest absolute Gasteiger partial charge is 0.0845 e. The van der Waals surface area contributed by atoms with Gasteiger partial charge in [-0.1, -0.05) is 72.5 Å². The topological polar surface area (TPSA) is 0 Å². The Morgan fingerprint density at radius 3 is 2.50 bits per heavy atom. The quantitative estimate of drug-likeness (QED) is 0.416. The molecule has 0 aromatic rings. The predicted molar refractivity (Wildman–Crippen MR) is 122 cm³/mol. The van der Waals surface area contributed by atoms with Crippen molar-refractivity contribution in [1.29, 1.82) is 0 Å².